The molecular weight excluding hydrogens is 712 g/mol. The van der Waals surface area contributed by atoms with Gasteiger partial charge in [-0.3, -0.25) is 38.4 Å². The predicted octanol–water partition coefficient (Wildman–Crippen LogP) is 0.888. The Labute approximate surface area is 303 Å². The first-order valence-corrected chi connectivity index (χ1v) is 16.2. The summed E-state index contributed by atoms with van der Waals surface area (Å²) in [5, 5.41) is 0. The van der Waals surface area contributed by atoms with Gasteiger partial charge in [0.05, 0.1) is 6.61 Å². The van der Waals surface area contributed by atoms with E-state index in [0.717, 1.165) is 48.5 Å². The molecule has 0 unspecified atom stereocenters. The van der Waals surface area contributed by atoms with Crippen molar-refractivity contribution in [1.29, 1.82) is 0 Å². The van der Waals surface area contributed by atoms with Crippen LogP contribution in [0.15, 0.2) is 24.3 Å². The fourth-order valence-corrected chi connectivity index (χ4v) is 5.50. The number of ketones is 1. The fourth-order valence-electron chi connectivity index (χ4n) is 5.50. The molecule has 2 saturated heterocycles. The second-order valence-electron chi connectivity index (χ2n) is 11.9. The summed E-state index contributed by atoms with van der Waals surface area (Å²) in [6, 6.07) is 5.81. The van der Waals surface area contributed by atoms with Crippen LogP contribution in [0, 0.1) is 0 Å². The molecule has 1 aromatic carbocycles. The van der Waals surface area contributed by atoms with Crippen molar-refractivity contribution in [3.8, 4) is 5.75 Å². The van der Waals surface area contributed by atoms with Crippen LogP contribution >= 0.6 is 0 Å². The maximum absolute atomic E-state index is 12.4. The molecule has 2 heterocycles. The van der Waals surface area contributed by atoms with Crippen molar-refractivity contribution in [3.63, 3.8) is 0 Å². The number of ether oxygens (including phenoxy) is 11. The van der Waals surface area contributed by atoms with E-state index >= 15 is 0 Å². The van der Waals surface area contributed by atoms with E-state index in [4.69, 9.17) is 52.1 Å². The number of Topliss-reactive ketones (excluding diaryl/α,β-unsaturated/α-hetero) is 1. The molecule has 1 aromatic rings. The van der Waals surface area contributed by atoms with E-state index in [1.54, 1.807) is 0 Å². The second kappa shape index (κ2) is 19.1. The average molecular weight is 755 g/mol. The fraction of sp³-hybridized carbons (Fsp3) is 0.588. The van der Waals surface area contributed by atoms with Crippen LogP contribution in [-0.2, 0) is 80.9 Å². The zero-order valence-electron chi connectivity index (χ0n) is 30.3. The van der Waals surface area contributed by atoms with Crippen LogP contribution < -0.4 is 4.74 Å². The molecule has 0 amide bonds. The lowest BCUT2D eigenvalue weighted by Crippen LogP contribution is -2.65. The second-order valence-corrected chi connectivity index (χ2v) is 11.9. The maximum Gasteiger partial charge on any atom is 0.303 e. The minimum Gasteiger partial charge on any atom is -0.463 e. The Bertz CT molecular complexity index is 1520. The number of carbonyl (C=O) groups is 8. The molecule has 2 aliphatic heterocycles. The molecule has 19 nitrogen and oxygen atoms in total. The van der Waals surface area contributed by atoms with E-state index in [1.165, 1.54) is 31.2 Å². The first-order valence-electron chi connectivity index (χ1n) is 16.2. The molecular formula is C34H42O19. The molecule has 0 aromatic heterocycles. The number of hydrogen-bond donors (Lipinski definition) is 0. The summed E-state index contributed by atoms with van der Waals surface area (Å²) in [6.07, 6.45) is -15.3. The number of hydrogen-bond acceptors (Lipinski definition) is 19. The Morgan fingerprint density at radius 3 is 1.26 bits per heavy atom. The summed E-state index contributed by atoms with van der Waals surface area (Å²) in [5.41, 5.74) is 0.363. The van der Waals surface area contributed by atoms with Gasteiger partial charge in [0.2, 0.25) is 12.4 Å². The highest BCUT2D eigenvalue weighted by Gasteiger charge is 2.56. The van der Waals surface area contributed by atoms with Crippen molar-refractivity contribution in [2.45, 2.75) is 117 Å². The lowest BCUT2D eigenvalue weighted by atomic mass is 9.97. The SMILES string of the molecule is CC(=O)OC[C@@H]1O[C@H](OC[C@@H]2O[C@H](Oc3ccc(C(C)=O)cc3)[C@@H](OC(C)=O)[C@H](OC(C)=O)[C@@H]2OC(C)=O)[C@@H](OC(C)=O)[C@H](OC(C)=O)[C@H]1OC(C)=O. The lowest BCUT2D eigenvalue weighted by Gasteiger charge is -2.46. The van der Waals surface area contributed by atoms with Crippen molar-refractivity contribution < 1.29 is 90.5 Å². The van der Waals surface area contributed by atoms with Gasteiger partial charge in [0.1, 0.15) is 24.6 Å². The zero-order valence-corrected chi connectivity index (χ0v) is 30.3. The maximum atomic E-state index is 12.4. The van der Waals surface area contributed by atoms with Gasteiger partial charge >= 0.3 is 41.8 Å². The van der Waals surface area contributed by atoms with E-state index in [1.807, 2.05) is 0 Å². The monoisotopic (exact) mass is 754 g/mol. The van der Waals surface area contributed by atoms with Crippen molar-refractivity contribution in [2.75, 3.05) is 13.2 Å². The highest BCUT2D eigenvalue weighted by atomic mass is 16.8. The van der Waals surface area contributed by atoms with Gasteiger partial charge in [0, 0.05) is 54.0 Å². The third-order valence-corrected chi connectivity index (χ3v) is 7.38. The van der Waals surface area contributed by atoms with Crippen LogP contribution in [0.4, 0.5) is 0 Å². The summed E-state index contributed by atoms with van der Waals surface area (Å²) < 4.78 is 61.9. The highest BCUT2D eigenvalue weighted by molar-refractivity contribution is 5.94. The van der Waals surface area contributed by atoms with Gasteiger partial charge in [-0.2, -0.15) is 0 Å². The summed E-state index contributed by atoms with van der Waals surface area (Å²) in [7, 11) is 0. The lowest BCUT2D eigenvalue weighted by molar-refractivity contribution is -0.327. The zero-order chi connectivity index (χ0) is 39.6. The third-order valence-electron chi connectivity index (χ3n) is 7.38. The Morgan fingerprint density at radius 1 is 0.472 bits per heavy atom. The van der Waals surface area contributed by atoms with E-state index in [2.05, 4.69) is 0 Å². The highest BCUT2D eigenvalue weighted by Crippen LogP contribution is 2.34. The third kappa shape index (κ3) is 12.5. The van der Waals surface area contributed by atoms with Gasteiger partial charge in [-0.15, -0.1) is 0 Å². The number of rotatable bonds is 14. The van der Waals surface area contributed by atoms with E-state index in [0.29, 0.717) is 5.56 Å². The molecule has 0 aliphatic carbocycles. The molecule has 19 heteroatoms. The van der Waals surface area contributed by atoms with Gasteiger partial charge in [-0.1, -0.05) is 0 Å². The average Bonchev–Trinajstić information content (AvgIpc) is 3.03. The van der Waals surface area contributed by atoms with Crippen LogP contribution in [0.3, 0.4) is 0 Å². The molecule has 0 N–H and O–H groups in total. The molecule has 10 atom stereocenters. The van der Waals surface area contributed by atoms with E-state index in [9.17, 15) is 38.4 Å². The smallest absolute Gasteiger partial charge is 0.303 e. The van der Waals surface area contributed by atoms with Crippen molar-refractivity contribution in [1.82, 2.24) is 0 Å². The molecule has 3 rings (SSSR count). The first-order chi connectivity index (χ1) is 24.9. The molecule has 2 fully saturated rings. The summed E-state index contributed by atoms with van der Waals surface area (Å²) in [5.74, 6) is -6.01. The van der Waals surface area contributed by atoms with Gasteiger partial charge in [0.25, 0.3) is 0 Å². The van der Waals surface area contributed by atoms with Crippen LogP contribution in [0.25, 0.3) is 0 Å². The quantitative estimate of drug-likeness (QED) is 0.146. The molecule has 2 aliphatic rings. The Balaban J connectivity index is 2.07. The van der Waals surface area contributed by atoms with Crippen molar-refractivity contribution in [2.24, 2.45) is 0 Å². The van der Waals surface area contributed by atoms with Crippen molar-refractivity contribution in [3.05, 3.63) is 29.8 Å². The van der Waals surface area contributed by atoms with Gasteiger partial charge in [-0.05, 0) is 31.2 Å². The predicted molar refractivity (Wildman–Crippen MR) is 170 cm³/mol. The summed E-state index contributed by atoms with van der Waals surface area (Å²) in [6.45, 7) is 7.64. The standard InChI is InChI=1S/C34H42O19/c1-15(35)23-9-11-24(12-10-23)51-34-32(50-22(8)42)30(48-20(6)40)28(46-18(4)38)26(53-34)14-44-33-31(49-21(7)41)29(47-19(5)39)27(45-17(3)37)25(52-33)13-43-16(2)36/h9-12,25-34H,13-14H2,1-8H3/t25-,26-,27-,28+,29+,30+,31-,32-,33-,34-/m0/s1. The van der Waals surface area contributed by atoms with E-state index < -0.39 is 116 Å². The molecule has 53 heavy (non-hydrogen) atoms. The first kappa shape index (κ1) is 42.3. The molecule has 0 radical (unpaired) electrons. The topological polar surface area (TPSA) is 238 Å². The number of benzene rings is 1. The summed E-state index contributed by atoms with van der Waals surface area (Å²) >= 11 is 0. The molecule has 0 bridgehead atoms. The van der Waals surface area contributed by atoms with Crippen LogP contribution in [0.5, 0.6) is 5.75 Å². The van der Waals surface area contributed by atoms with Gasteiger partial charge in [-0.25, -0.2) is 0 Å². The number of esters is 7. The normalized spacial score (nSPS) is 27.9. The largest absolute Gasteiger partial charge is 0.463 e. The molecule has 292 valence electrons. The van der Waals surface area contributed by atoms with Crippen molar-refractivity contribution >= 4 is 47.6 Å². The van der Waals surface area contributed by atoms with Crippen LogP contribution in [-0.4, -0.2) is 122 Å². The Hall–Kier alpha value is -5.14. The number of carbonyl (C=O) groups excluding carboxylic acids is 8. The Morgan fingerprint density at radius 2 is 0.849 bits per heavy atom. The van der Waals surface area contributed by atoms with Gasteiger partial charge < -0.3 is 52.1 Å². The van der Waals surface area contributed by atoms with Crippen LogP contribution in [0.1, 0.15) is 65.7 Å². The minimum absolute atomic E-state index is 0.129. The Kier molecular flexibility index (Phi) is 15.2. The molecule has 0 saturated carbocycles. The molecule has 0 spiro atoms. The van der Waals surface area contributed by atoms with Crippen LogP contribution in [0.2, 0.25) is 0 Å². The minimum atomic E-state index is -1.67. The summed E-state index contributed by atoms with van der Waals surface area (Å²) in [4.78, 5) is 97.1. The van der Waals surface area contributed by atoms with Gasteiger partial charge in [0.15, 0.2) is 42.6 Å². The van der Waals surface area contributed by atoms with E-state index in [-0.39, 0.29) is 11.5 Å².